The number of hydrogen-bond acceptors (Lipinski definition) is 3. The smallest absolute Gasteiger partial charge is 0.246 e. The molecule has 6 heteroatoms. The van der Waals surface area contributed by atoms with Gasteiger partial charge in [0.1, 0.15) is 0 Å². The van der Waals surface area contributed by atoms with Crippen LogP contribution in [0.15, 0.2) is 17.3 Å². The van der Waals surface area contributed by atoms with Crippen LogP contribution in [0.5, 0.6) is 0 Å². The van der Waals surface area contributed by atoms with E-state index >= 15 is 0 Å². The highest BCUT2D eigenvalue weighted by Gasteiger charge is 2.25. The third-order valence-electron chi connectivity index (χ3n) is 1.49. The maximum atomic E-state index is 12.7. The van der Waals surface area contributed by atoms with Gasteiger partial charge in [-0.15, -0.1) is 0 Å². The molecule has 13 heavy (non-hydrogen) atoms. The lowest BCUT2D eigenvalue weighted by atomic mass is 10.1. The van der Waals surface area contributed by atoms with Crippen molar-refractivity contribution in [3.8, 4) is 0 Å². The summed E-state index contributed by atoms with van der Waals surface area (Å²) in [6.07, 6.45) is 1.26. The molecule has 0 radical (unpaired) electrons. The van der Waals surface area contributed by atoms with Gasteiger partial charge in [0, 0.05) is 0 Å². The fourth-order valence-electron chi connectivity index (χ4n) is 0.980. The fraction of sp³-hybridized carbons (Fsp3) is 0.571. The molecule has 0 fully saturated rings. The van der Waals surface area contributed by atoms with Gasteiger partial charge in [-0.05, 0) is 26.8 Å². The average molecular weight is 206 g/mol. The highest BCUT2D eigenvalue weighted by molar-refractivity contribution is 7.86. The molecule has 1 heterocycles. The molecule has 1 rings (SSSR count). The van der Waals surface area contributed by atoms with E-state index < -0.39 is 20.8 Å². The maximum absolute atomic E-state index is 12.7. The Morgan fingerprint density at radius 2 is 2.00 bits per heavy atom. The third kappa shape index (κ3) is 2.06. The number of hydrogen-bond donors (Lipinski definition) is 0. The van der Waals surface area contributed by atoms with Crippen LogP contribution in [0.4, 0.5) is 3.89 Å². The summed E-state index contributed by atoms with van der Waals surface area (Å²) >= 11 is 0. The zero-order valence-corrected chi connectivity index (χ0v) is 8.47. The van der Waals surface area contributed by atoms with E-state index in [4.69, 9.17) is 0 Å². The minimum atomic E-state index is -4.67. The lowest BCUT2D eigenvalue weighted by molar-refractivity contribution is 0.323. The zero-order valence-electron chi connectivity index (χ0n) is 7.65. The largest absolute Gasteiger partial charge is 0.349 e. The molecule has 1 aromatic heterocycles. The minimum Gasteiger partial charge on any atom is -0.246 e. The molecule has 0 saturated carbocycles. The third-order valence-corrected chi connectivity index (χ3v) is 2.30. The second-order valence-electron chi connectivity index (χ2n) is 3.69. The molecule has 74 valence electrons. The molecule has 0 aromatic carbocycles. The SMILES string of the molecule is CC(C)(C)n1nccc1S(=O)(=O)F. The molecular weight excluding hydrogens is 195 g/mol. The monoisotopic (exact) mass is 206 g/mol. The van der Waals surface area contributed by atoms with Crippen molar-refractivity contribution in [2.45, 2.75) is 31.3 Å². The fourth-order valence-corrected chi connectivity index (χ4v) is 1.73. The van der Waals surface area contributed by atoms with Crippen molar-refractivity contribution in [1.82, 2.24) is 9.78 Å². The Labute approximate surface area is 76.6 Å². The van der Waals surface area contributed by atoms with Gasteiger partial charge in [-0.2, -0.15) is 13.5 Å². The highest BCUT2D eigenvalue weighted by Crippen LogP contribution is 2.20. The van der Waals surface area contributed by atoms with Crippen LogP contribution in [0.3, 0.4) is 0 Å². The first kappa shape index (κ1) is 10.2. The van der Waals surface area contributed by atoms with Gasteiger partial charge in [0.05, 0.1) is 11.7 Å². The summed E-state index contributed by atoms with van der Waals surface area (Å²) in [4.78, 5) is 0. The average Bonchev–Trinajstić information content (AvgIpc) is 2.27. The number of halogens is 1. The minimum absolute atomic E-state index is 0.403. The van der Waals surface area contributed by atoms with Gasteiger partial charge < -0.3 is 0 Å². The molecule has 0 N–H and O–H groups in total. The van der Waals surface area contributed by atoms with Crippen molar-refractivity contribution >= 4 is 10.2 Å². The van der Waals surface area contributed by atoms with Crippen LogP contribution in [0.25, 0.3) is 0 Å². The summed E-state index contributed by atoms with van der Waals surface area (Å²) in [7, 11) is -4.67. The second-order valence-corrected chi connectivity index (χ2v) is 4.98. The molecular formula is C7H11FN2O2S. The molecule has 0 saturated heterocycles. The molecule has 0 bridgehead atoms. The van der Waals surface area contributed by atoms with Crippen molar-refractivity contribution < 1.29 is 12.3 Å². The molecule has 1 aromatic rings. The van der Waals surface area contributed by atoms with Crippen LogP contribution in [0.1, 0.15) is 20.8 Å². The normalized spacial score (nSPS) is 13.2. The quantitative estimate of drug-likeness (QED) is 0.651. The molecule has 0 aliphatic rings. The lowest BCUT2D eigenvalue weighted by Crippen LogP contribution is -2.25. The molecule has 0 aliphatic carbocycles. The molecule has 0 aliphatic heterocycles. The summed E-state index contributed by atoms with van der Waals surface area (Å²) in [5.41, 5.74) is -0.544. The first-order chi connectivity index (χ1) is 5.73. The lowest BCUT2D eigenvalue weighted by Gasteiger charge is -2.20. The maximum Gasteiger partial charge on any atom is 0.349 e. The summed E-state index contributed by atoms with van der Waals surface area (Å²) < 4.78 is 35.1. The summed E-state index contributed by atoms with van der Waals surface area (Å²) in [5, 5.41) is 3.35. The predicted molar refractivity (Wildman–Crippen MR) is 45.5 cm³/mol. The highest BCUT2D eigenvalue weighted by atomic mass is 32.3. The van der Waals surface area contributed by atoms with Gasteiger partial charge in [-0.3, -0.25) is 0 Å². The van der Waals surface area contributed by atoms with Gasteiger partial charge in [0.2, 0.25) is 0 Å². The van der Waals surface area contributed by atoms with Crippen LogP contribution in [0.2, 0.25) is 0 Å². The van der Waals surface area contributed by atoms with Crippen LogP contribution >= 0.6 is 0 Å². The molecule has 0 spiro atoms. The van der Waals surface area contributed by atoms with Crippen LogP contribution < -0.4 is 0 Å². The first-order valence-corrected chi connectivity index (χ1v) is 5.10. The molecule has 0 unspecified atom stereocenters. The number of aromatic nitrogens is 2. The number of nitrogens with zero attached hydrogens (tertiary/aromatic N) is 2. The Morgan fingerprint density at radius 3 is 2.31 bits per heavy atom. The zero-order chi connectivity index (χ0) is 10.3. The molecule has 4 nitrogen and oxygen atoms in total. The summed E-state index contributed by atoms with van der Waals surface area (Å²) in [5.74, 6) is 0. The predicted octanol–water partition coefficient (Wildman–Crippen LogP) is 1.30. The van der Waals surface area contributed by atoms with Gasteiger partial charge >= 0.3 is 10.2 Å². The Kier molecular flexibility index (Phi) is 2.19. The molecule has 0 atom stereocenters. The molecule has 0 amide bonds. The van der Waals surface area contributed by atoms with E-state index in [0.29, 0.717) is 0 Å². The van der Waals surface area contributed by atoms with Gasteiger partial charge in [0.15, 0.2) is 5.03 Å². The Balaban J connectivity index is 3.35. The van der Waals surface area contributed by atoms with E-state index in [0.717, 1.165) is 10.7 Å². The van der Waals surface area contributed by atoms with E-state index in [1.54, 1.807) is 20.8 Å². The Morgan fingerprint density at radius 1 is 1.46 bits per heavy atom. The van der Waals surface area contributed by atoms with E-state index in [-0.39, 0.29) is 0 Å². The van der Waals surface area contributed by atoms with Crippen molar-refractivity contribution in [2.75, 3.05) is 0 Å². The summed E-state index contributed by atoms with van der Waals surface area (Å²) in [6.45, 7) is 5.23. The van der Waals surface area contributed by atoms with Gasteiger partial charge in [-0.25, -0.2) is 4.68 Å². The van der Waals surface area contributed by atoms with E-state index in [9.17, 15) is 12.3 Å². The van der Waals surface area contributed by atoms with Crippen LogP contribution in [0, 0.1) is 0 Å². The topological polar surface area (TPSA) is 52.0 Å². The Hall–Kier alpha value is -0.910. The van der Waals surface area contributed by atoms with Crippen molar-refractivity contribution in [1.29, 1.82) is 0 Å². The Bertz CT molecular complexity index is 402. The van der Waals surface area contributed by atoms with Crippen molar-refractivity contribution in [3.63, 3.8) is 0 Å². The standard InChI is InChI=1S/C7H11FN2O2S/c1-7(2,3)10-6(4-5-9-10)13(8,11)12/h4-5H,1-3H3. The van der Waals surface area contributed by atoms with E-state index in [1.807, 2.05) is 0 Å². The first-order valence-electron chi connectivity index (χ1n) is 3.72. The van der Waals surface area contributed by atoms with Crippen LogP contribution in [-0.2, 0) is 15.8 Å². The second kappa shape index (κ2) is 2.80. The van der Waals surface area contributed by atoms with Crippen LogP contribution in [-0.4, -0.2) is 18.2 Å². The van der Waals surface area contributed by atoms with Crippen molar-refractivity contribution in [2.24, 2.45) is 0 Å². The number of rotatable bonds is 1. The van der Waals surface area contributed by atoms with Gasteiger partial charge in [-0.1, -0.05) is 3.89 Å². The van der Waals surface area contributed by atoms with Gasteiger partial charge in [0.25, 0.3) is 0 Å². The van der Waals surface area contributed by atoms with E-state index in [1.165, 1.54) is 6.20 Å². The van der Waals surface area contributed by atoms with Crippen molar-refractivity contribution in [3.05, 3.63) is 12.3 Å². The van der Waals surface area contributed by atoms with E-state index in [2.05, 4.69) is 5.10 Å². The summed E-state index contributed by atoms with van der Waals surface area (Å²) in [6, 6.07) is 1.14.